The zero-order valence-corrected chi connectivity index (χ0v) is 16.3. The average molecular weight is 359 g/mol. The van der Waals surface area contributed by atoms with Crippen LogP contribution in [-0.4, -0.2) is 62.8 Å². The molecule has 1 spiro atoms. The molecule has 3 aliphatic rings. The van der Waals surface area contributed by atoms with Crippen molar-refractivity contribution in [3.63, 3.8) is 0 Å². The highest BCUT2D eigenvalue weighted by Gasteiger charge is 2.37. The Hall–Kier alpha value is -1.10. The van der Waals surface area contributed by atoms with Crippen molar-refractivity contribution in [2.45, 2.75) is 38.6 Å². The molecule has 0 N–H and O–H groups in total. The minimum absolute atomic E-state index is 0.619. The summed E-state index contributed by atoms with van der Waals surface area (Å²) in [5.41, 5.74) is 1.99. The van der Waals surface area contributed by atoms with Gasteiger partial charge >= 0.3 is 0 Å². The van der Waals surface area contributed by atoms with Gasteiger partial charge in [-0.1, -0.05) is 12.1 Å². The van der Waals surface area contributed by atoms with Gasteiger partial charge in [-0.3, -0.25) is 4.90 Å². The highest BCUT2D eigenvalue weighted by atomic mass is 16.5. The SMILES string of the molecule is COc1cccc(CN2CCC3(CC2)CCN(CC2CCOC2)CC3)c1. The molecule has 144 valence electrons. The highest BCUT2D eigenvalue weighted by molar-refractivity contribution is 5.28. The first-order valence-corrected chi connectivity index (χ1v) is 10.4. The van der Waals surface area contributed by atoms with E-state index in [9.17, 15) is 0 Å². The Bertz CT molecular complexity index is 567. The van der Waals surface area contributed by atoms with E-state index in [-0.39, 0.29) is 0 Å². The largest absolute Gasteiger partial charge is 0.497 e. The molecule has 4 heteroatoms. The summed E-state index contributed by atoms with van der Waals surface area (Å²) in [4.78, 5) is 5.33. The quantitative estimate of drug-likeness (QED) is 0.805. The number of rotatable bonds is 5. The highest BCUT2D eigenvalue weighted by Crippen LogP contribution is 2.41. The summed E-state index contributed by atoms with van der Waals surface area (Å²) in [6.07, 6.45) is 6.80. The first-order valence-electron chi connectivity index (χ1n) is 10.4. The molecule has 3 saturated heterocycles. The van der Waals surface area contributed by atoms with Crippen LogP contribution >= 0.6 is 0 Å². The number of likely N-dealkylation sites (tertiary alicyclic amines) is 2. The van der Waals surface area contributed by atoms with Crippen LogP contribution in [0, 0.1) is 11.3 Å². The van der Waals surface area contributed by atoms with E-state index in [1.54, 1.807) is 7.11 Å². The molecular weight excluding hydrogens is 324 g/mol. The number of methoxy groups -OCH3 is 1. The van der Waals surface area contributed by atoms with Gasteiger partial charge in [0.05, 0.1) is 13.7 Å². The average Bonchev–Trinajstić information content (AvgIpc) is 3.19. The first kappa shape index (κ1) is 18.3. The van der Waals surface area contributed by atoms with E-state index < -0.39 is 0 Å². The van der Waals surface area contributed by atoms with Gasteiger partial charge in [0.15, 0.2) is 0 Å². The second-order valence-electron chi connectivity index (χ2n) is 8.66. The van der Waals surface area contributed by atoms with E-state index in [1.807, 2.05) is 6.07 Å². The van der Waals surface area contributed by atoms with Crippen molar-refractivity contribution in [2.75, 3.05) is 53.0 Å². The lowest BCUT2D eigenvalue weighted by molar-refractivity contribution is 0.0270. The summed E-state index contributed by atoms with van der Waals surface area (Å²) in [7, 11) is 1.75. The third kappa shape index (κ3) is 4.41. The Morgan fingerprint density at radius 2 is 1.81 bits per heavy atom. The fourth-order valence-corrected chi connectivity index (χ4v) is 5.02. The van der Waals surface area contributed by atoms with Crippen LogP contribution in [0.1, 0.15) is 37.7 Å². The van der Waals surface area contributed by atoms with Crippen LogP contribution in [0.5, 0.6) is 5.75 Å². The summed E-state index contributed by atoms with van der Waals surface area (Å²) in [6.45, 7) is 9.37. The number of ether oxygens (including phenoxy) is 2. The first-order chi connectivity index (χ1) is 12.7. The number of nitrogens with zero attached hydrogens (tertiary/aromatic N) is 2. The van der Waals surface area contributed by atoms with E-state index >= 15 is 0 Å². The molecule has 1 atom stereocenters. The molecule has 3 heterocycles. The zero-order chi connectivity index (χ0) is 17.8. The molecule has 0 aliphatic carbocycles. The van der Waals surface area contributed by atoms with Gasteiger partial charge in [0.2, 0.25) is 0 Å². The lowest BCUT2D eigenvalue weighted by atomic mass is 9.71. The van der Waals surface area contributed by atoms with Crippen LogP contribution in [0.4, 0.5) is 0 Å². The van der Waals surface area contributed by atoms with Gasteiger partial charge in [-0.2, -0.15) is 0 Å². The lowest BCUT2D eigenvalue weighted by Gasteiger charge is -2.47. The fraction of sp³-hybridized carbons (Fsp3) is 0.727. The predicted octanol–water partition coefficient (Wildman–Crippen LogP) is 3.41. The predicted molar refractivity (Wildman–Crippen MR) is 105 cm³/mol. The second kappa shape index (κ2) is 8.28. The maximum atomic E-state index is 5.54. The molecule has 4 nitrogen and oxygen atoms in total. The van der Waals surface area contributed by atoms with Crippen LogP contribution in [0.3, 0.4) is 0 Å². The molecule has 3 aliphatic heterocycles. The Balaban J connectivity index is 1.23. The van der Waals surface area contributed by atoms with Crippen molar-refractivity contribution in [3.05, 3.63) is 29.8 Å². The van der Waals surface area contributed by atoms with Crippen LogP contribution in [-0.2, 0) is 11.3 Å². The van der Waals surface area contributed by atoms with Gasteiger partial charge in [-0.25, -0.2) is 0 Å². The number of hydrogen-bond acceptors (Lipinski definition) is 4. The summed E-state index contributed by atoms with van der Waals surface area (Å²) in [5, 5.41) is 0. The summed E-state index contributed by atoms with van der Waals surface area (Å²) >= 11 is 0. The van der Waals surface area contributed by atoms with Crippen LogP contribution < -0.4 is 4.74 Å². The second-order valence-corrected chi connectivity index (χ2v) is 8.66. The molecule has 1 aromatic carbocycles. The summed E-state index contributed by atoms with van der Waals surface area (Å²) in [5.74, 6) is 1.75. The molecule has 0 radical (unpaired) electrons. The molecule has 0 aromatic heterocycles. The van der Waals surface area contributed by atoms with Crippen LogP contribution in [0.25, 0.3) is 0 Å². The Labute approximate surface area is 158 Å². The van der Waals surface area contributed by atoms with E-state index in [1.165, 1.54) is 70.4 Å². The molecule has 3 fully saturated rings. The van der Waals surface area contributed by atoms with E-state index in [4.69, 9.17) is 9.47 Å². The van der Waals surface area contributed by atoms with Gasteiger partial charge in [0, 0.05) is 19.7 Å². The van der Waals surface area contributed by atoms with E-state index in [2.05, 4.69) is 28.0 Å². The smallest absolute Gasteiger partial charge is 0.119 e. The van der Waals surface area contributed by atoms with E-state index in [0.29, 0.717) is 5.41 Å². The third-order valence-corrected chi connectivity index (χ3v) is 6.91. The lowest BCUT2D eigenvalue weighted by Crippen LogP contribution is -2.47. The van der Waals surface area contributed by atoms with Crippen molar-refractivity contribution in [1.82, 2.24) is 9.80 Å². The molecule has 26 heavy (non-hydrogen) atoms. The number of benzene rings is 1. The van der Waals surface area contributed by atoms with Gasteiger partial charge in [0.25, 0.3) is 0 Å². The van der Waals surface area contributed by atoms with Crippen LogP contribution in [0.15, 0.2) is 24.3 Å². The maximum absolute atomic E-state index is 5.54. The minimum Gasteiger partial charge on any atom is -0.497 e. The van der Waals surface area contributed by atoms with Gasteiger partial charge in [-0.05, 0) is 87.3 Å². The van der Waals surface area contributed by atoms with Crippen molar-refractivity contribution in [2.24, 2.45) is 11.3 Å². The topological polar surface area (TPSA) is 24.9 Å². The minimum atomic E-state index is 0.619. The third-order valence-electron chi connectivity index (χ3n) is 6.91. The maximum Gasteiger partial charge on any atom is 0.119 e. The molecule has 0 saturated carbocycles. The monoisotopic (exact) mass is 358 g/mol. The summed E-state index contributed by atoms with van der Waals surface area (Å²) in [6, 6.07) is 8.53. The molecule has 0 bridgehead atoms. The molecule has 1 aromatic rings. The Morgan fingerprint density at radius 1 is 1.08 bits per heavy atom. The Morgan fingerprint density at radius 3 is 2.46 bits per heavy atom. The molecule has 0 amide bonds. The fourth-order valence-electron chi connectivity index (χ4n) is 5.02. The van der Waals surface area contributed by atoms with E-state index in [0.717, 1.165) is 31.4 Å². The van der Waals surface area contributed by atoms with Crippen molar-refractivity contribution in [1.29, 1.82) is 0 Å². The van der Waals surface area contributed by atoms with Gasteiger partial charge in [-0.15, -0.1) is 0 Å². The number of piperidine rings is 2. The molecule has 1 unspecified atom stereocenters. The van der Waals surface area contributed by atoms with Crippen LogP contribution in [0.2, 0.25) is 0 Å². The van der Waals surface area contributed by atoms with Crippen molar-refractivity contribution in [3.8, 4) is 5.75 Å². The number of hydrogen-bond donors (Lipinski definition) is 0. The molecular formula is C22H34N2O2. The molecule has 4 rings (SSSR count). The standard InChI is InChI=1S/C22H34N2O2/c1-25-21-4-2-3-19(15-21)16-23-10-6-22(7-11-23)8-12-24(13-9-22)17-20-5-14-26-18-20/h2-4,15,20H,5-14,16-18H2,1H3. The van der Waals surface area contributed by atoms with Crippen molar-refractivity contribution < 1.29 is 9.47 Å². The summed E-state index contributed by atoms with van der Waals surface area (Å²) < 4.78 is 10.9. The van der Waals surface area contributed by atoms with Crippen molar-refractivity contribution >= 4 is 0 Å². The Kier molecular flexibility index (Phi) is 5.82. The van der Waals surface area contributed by atoms with Gasteiger partial charge < -0.3 is 14.4 Å². The zero-order valence-electron chi connectivity index (χ0n) is 16.3. The normalized spacial score (nSPS) is 27.0. The van der Waals surface area contributed by atoms with Gasteiger partial charge in [0.1, 0.15) is 5.75 Å².